The van der Waals surface area contributed by atoms with Gasteiger partial charge < -0.3 is 5.32 Å². The lowest BCUT2D eigenvalue weighted by Crippen LogP contribution is -2.38. The first-order chi connectivity index (χ1) is 8.48. The van der Waals surface area contributed by atoms with Crippen molar-refractivity contribution in [2.75, 3.05) is 18.1 Å². The molecule has 0 aromatic carbocycles. The molecule has 2 fully saturated rings. The zero-order valence-electron chi connectivity index (χ0n) is 10.4. The van der Waals surface area contributed by atoms with E-state index in [0.29, 0.717) is 18.9 Å². The van der Waals surface area contributed by atoms with E-state index in [2.05, 4.69) is 5.32 Å². The first-order valence-corrected chi connectivity index (χ1v) is 8.86. The summed E-state index contributed by atoms with van der Waals surface area (Å²) in [5.74, 6) is 0.0146. The fourth-order valence-electron chi connectivity index (χ4n) is 2.77. The number of hydrogen-bond acceptors (Lipinski definition) is 3. The number of sulfone groups is 1. The van der Waals surface area contributed by atoms with Crippen LogP contribution in [0.15, 0.2) is 0 Å². The Morgan fingerprint density at radius 3 is 2.56 bits per heavy atom. The summed E-state index contributed by atoms with van der Waals surface area (Å²) in [7, 11) is -2.98. The second-order valence-corrected chi connectivity index (χ2v) is 8.19. The second-order valence-electron chi connectivity index (χ2n) is 5.41. The minimum atomic E-state index is -2.98. The molecule has 0 radical (unpaired) electrons. The van der Waals surface area contributed by atoms with Crippen molar-refractivity contribution in [3.63, 3.8) is 0 Å². The number of rotatable bonds is 3. The summed E-state index contributed by atoms with van der Waals surface area (Å²) in [6.45, 7) is 0.587. The van der Waals surface area contributed by atoms with Gasteiger partial charge in [-0.05, 0) is 25.2 Å². The maximum atomic E-state index is 11.9. The molecule has 0 spiro atoms. The molecule has 1 saturated heterocycles. The van der Waals surface area contributed by atoms with Gasteiger partial charge in [-0.15, -0.1) is 11.6 Å². The van der Waals surface area contributed by atoms with Crippen LogP contribution in [0.3, 0.4) is 0 Å². The Hall–Kier alpha value is -0.290. The summed E-state index contributed by atoms with van der Waals surface area (Å²) < 4.78 is 22.6. The Morgan fingerprint density at radius 1 is 1.22 bits per heavy atom. The molecule has 1 amide bonds. The van der Waals surface area contributed by atoms with E-state index in [-0.39, 0.29) is 28.7 Å². The molecule has 4 nitrogen and oxygen atoms in total. The number of alkyl halides is 1. The van der Waals surface area contributed by atoms with Crippen molar-refractivity contribution < 1.29 is 13.2 Å². The van der Waals surface area contributed by atoms with E-state index < -0.39 is 9.84 Å². The second kappa shape index (κ2) is 5.78. The van der Waals surface area contributed by atoms with Gasteiger partial charge in [-0.1, -0.05) is 12.8 Å². The number of nitrogens with one attached hydrogen (secondary N) is 1. The van der Waals surface area contributed by atoms with Crippen LogP contribution in [0.2, 0.25) is 0 Å². The van der Waals surface area contributed by atoms with Crippen LogP contribution in [0.4, 0.5) is 0 Å². The molecule has 2 rings (SSSR count). The van der Waals surface area contributed by atoms with Crippen molar-refractivity contribution in [3.8, 4) is 0 Å². The normalized spacial score (nSPS) is 35.3. The molecule has 0 aromatic rings. The molecule has 18 heavy (non-hydrogen) atoms. The van der Waals surface area contributed by atoms with Gasteiger partial charge in [-0.25, -0.2) is 8.42 Å². The minimum Gasteiger partial charge on any atom is -0.356 e. The van der Waals surface area contributed by atoms with Gasteiger partial charge >= 0.3 is 0 Å². The monoisotopic (exact) mass is 293 g/mol. The highest BCUT2D eigenvalue weighted by Crippen LogP contribution is 2.28. The first kappa shape index (κ1) is 14.1. The maximum absolute atomic E-state index is 11.9. The molecule has 0 aromatic heterocycles. The van der Waals surface area contributed by atoms with Gasteiger partial charge in [-0.2, -0.15) is 0 Å². The lowest BCUT2D eigenvalue weighted by Gasteiger charge is -2.27. The Morgan fingerprint density at radius 2 is 1.94 bits per heavy atom. The van der Waals surface area contributed by atoms with Gasteiger partial charge in [0.05, 0.1) is 17.4 Å². The van der Waals surface area contributed by atoms with Crippen LogP contribution in [-0.4, -0.2) is 37.8 Å². The maximum Gasteiger partial charge on any atom is 0.224 e. The molecule has 2 aliphatic rings. The molecule has 104 valence electrons. The van der Waals surface area contributed by atoms with Crippen LogP contribution in [0.25, 0.3) is 0 Å². The Kier molecular flexibility index (Phi) is 4.54. The lowest BCUT2D eigenvalue weighted by atomic mass is 9.88. The van der Waals surface area contributed by atoms with Gasteiger partial charge in [0.15, 0.2) is 9.84 Å². The number of hydrogen-bond donors (Lipinski definition) is 1. The average Bonchev–Trinajstić information content (AvgIpc) is 2.68. The quantitative estimate of drug-likeness (QED) is 0.799. The van der Waals surface area contributed by atoms with Crippen molar-refractivity contribution in [3.05, 3.63) is 0 Å². The van der Waals surface area contributed by atoms with E-state index in [1.165, 1.54) is 12.8 Å². The Bertz CT molecular complexity index is 410. The molecule has 1 N–H and O–H groups in total. The van der Waals surface area contributed by atoms with Gasteiger partial charge in [0.2, 0.25) is 5.91 Å². The smallest absolute Gasteiger partial charge is 0.224 e. The highest BCUT2D eigenvalue weighted by molar-refractivity contribution is 7.91. The van der Waals surface area contributed by atoms with Crippen molar-refractivity contribution in [1.29, 1.82) is 0 Å². The van der Waals surface area contributed by atoms with Gasteiger partial charge in [-0.3, -0.25) is 4.79 Å². The van der Waals surface area contributed by atoms with E-state index in [9.17, 15) is 13.2 Å². The fraction of sp³-hybridized carbons (Fsp3) is 0.917. The molecule has 0 bridgehead atoms. The van der Waals surface area contributed by atoms with Crippen molar-refractivity contribution in [2.45, 2.75) is 37.5 Å². The van der Waals surface area contributed by atoms with Crippen LogP contribution in [-0.2, 0) is 14.6 Å². The SMILES string of the molecule is O=C(NCC1CCCCC1Cl)C1CCS(=O)(=O)C1. The standard InChI is InChI=1S/C12H20ClNO3S/c13-11-4-2-1-3-9(11)7-14-12(15)10-5-6-18(16,17)8-10/h9-11H,1-8H2,(H,14,15). The lowest BCUT2D eigenvalue weighted by molar-refractivity contribution is -0.124. The third-order valence-electron chi connectivity index (χ3n) is 3.96. The zero-order valence-corrected chi connectivity index (χ0v) is 12.0. The molecule has 6 heteroatoms. The zero-order chi connectivity index (χ0) is 13.2. The van der Waals surface area contributed by atoms with Gasteiger partial charge in [0.25, 0.3) is 0 Å². The van der Waals surface area contributed by atoms with E-state index >= 15 is 0 Å². The van der Waals surface area contributed by atoms with Crippen molar-refractivity contribution >= 4 is 27.3 Å². The third kappa shape index (κ3) is 3.60. The largest absolute Gasteiger partial charge is 0.356 e. The van der Waals surface area contributed by atoms with E-state index in [1.807, 2.05) is 0 Å². The third-order valence-corrected chi connectivity index (χ3v) is 6.30. The predicted octanol–water partition coefficient (Wildman–Crippen LogP) is 1.33. The van der Waals surface area contributed by atoms with E-state index in [1.54, 1.807) is 0 Å². The first-order valence-electron chi connectivity index (χ1n) is 6.60. The molecule has 1 saturated carbocycles. The summed E-state index contributed by atoms with van der Waals surface area (Å²) in [5.41, 5.74) is 0. The van der Waals surface area contributed by atoms with Crippen LogP contribution in [0.1, 0.15) is 32.1 Å². The molecule has 3 atom stereocenters. The van der Waals surface area contributed by atoms with Crippen LogP contribution in [0, 0.1) is 11.8 Å². The summed E-state index contributed by atoms with van der Waals surface area (Å²) in [4.78, 5) is 11.9. The van der Waals surface area contributed by atoms with Crippen LogP contribution >= 0.6 is 11.6 Å². The van der Waals surface area contributed by atoms with Crippen LogP contribution < -0.4 is 5.32 Å². The van der Waals surface area contributed by atoms with Crippen molar-refractivity contribution in [1.82, 2.24) is 5.32 Å². The molecule has 1 aliphatic heterocycles. The molecule has 1 heterocycles. The average molecular weight is 294 g/mol. The Labute approximate surface area is 113 Å². The highest BCUT2D eigenvalue weighted by Gasteiger charge is 2.33. The molecule has 3 unspecified atom stereocenters. The fourth-order valence-corrected chi connectivity index (χ4v) is 4.88. The molecular weight excluding hydrogens is 274 g/mol. The van der Waals surface area contributed by atoms with Gasteiger partial charge in [0.1, 0.15) is 0 Å². The van der Waals surface area contributed by atoms with Gasteiger partial charge in [0, 0.05) is 11.9 Å². The topological polar surface area (TPSA) is 63.2 Å². The van der Waals surface area contributed by atoms with E-state index in [4.69, 9.17) is 11.6 Å². The van der Waals surface area contributed by atoms with Crippen LogP contribution in [0.5, 0.6) is 0 Å². The summed E-state index contributed by atoms with van der Waals surface area (Å²) >= 11 is 6.22. The summed E-state index contributed by atoms with van der Waals surface area (Å²) in [5, 5.41) is 3.02. The molecule has 1 aliphatic carbocycles. The number of carbonyl (C=O) groups excluding carboxylic acids is 1. The predicted molar refractivity (Wildman–Crippen MR) is 71.4 cm³/mol. The van der Waals surface area contributed by atoms with E-state index in [0.717, 1.165) is 12.8 Å². The number of carbonyl (C=O) groups is 1. The van der Waals surface area contributed by atoms with Crippen molar-refractivity contribution in [2.24, 2.45) is 11.8 Å². The summed E-state index contributed by atoms with van der Waals surface area (Å²) in [6.07, 6.45) is 4.86. The summed E-state index contributed by atoms with van der Waals surface area (Å²) in [6, 6.07) is 0. The number of amides is 1. The molecular formula is C12H20ClNO3S. The minimum absolute atomic E-state index is 0.00774. The number of halogens is 1. The Balaban J connectivity index is 1.78. The highest BCUT2D eigenvalue weighted by atomic mass is 35.5.